The maximum atomic E-state index is 12.0. The highest BCUT2D eigenvalue weighted by Gasteiger charge is 2.25. The summed E-state index contributed by atoms with van der Waals surface area (Å²) in [6, 6.07) is 1.92. The van der Waals surface area contributed by atoms with E-state index < -0.39 is 12.6 Å². The van der Waals surface area contributed by atoms with Crippen molar-refractivity contribution in [3.8, 4) is 0 Å². The lowest BCUT2D eigenvalue weighted by Crippen LogP contribution is -2.11. The molecule has 3 nitrogen and oxygen atoms in total. The Bertz CT molecular complexity index is 403. The van der Waals surface area contributed by atoms with Gasteiger partial charge in [-0.3, -0.25) is 0 Å². The lowest BCUT2D eigenvalue weighted by Gasteiger charge is -2.10. The molecule has 1 N–H and O–H groups in total. The average molecular weight is 275 g/mol. The zero-order chi connectivity index (χ0) is 14.5. The molecule has 1 heterocycles. The summed E-state index contributed by atoms with van der Waals surface area (Å²) in [5.74, 6) is 0.795. The fourth-order valence-electron chi connectivity index (χ4n) is 1.62. The first-order valence-corrected chi connectivity index (χ1v) is 6.44. The summed E-state index contributed by atoms with van der Waals surface area (Å²) in [4.78, 5) is 8.55. The van der Waals surface area contributed by atoms with Gasteiger partial charge in [0.2, 0.25) is 5.95 Å². The number of nitrogens with zero attached hydrogens (tertiary/aromatic N) is 2. The number of halogens is 3. The molecule has 0 atom stereocenters. The van der Waals surface area contributed by atoms with Gasteiger partial charge in [0.05, 0.1) is 0 Å². The number of rotatable bonds is 6. The van der Waals surface area contributed by atoms with Crippen LogP contribution in [0.25, 0.3) is 0 Å². The molecule has 1 aromatic heterocycles. The van der Waals surface area contributed by atoms with E-state index in [2.05, 4.69) is 15.3 Å². The molecular formula is C13H20F3N3. The molecular weight excluding hydrogens is 255 g/mol. The van der Waals surface area contributed by atoms with Crippen LogP contribution in [0, 0.1) is 6.92 Å². The van der Waals surface area contributed by atoms with Gasteiger partial charge in [0.15, 0.2) is 0 Å². The zero-order valence-electron chi connectivity index (χ0n) is 11.5. The minimum Gasteiger partial charge on any atom is -0.354 e. The summed E-state index contributed by atoms with van der Waals surface area (Å²) in [6.45, 7) is 6.41. The van der Waals surface area contributed by atoms with Crippen LogP contribution in [0.5, 0.6) is 0 Å². The fourth-order valence-corrected chi connectivity index (χ4v) is 1.62. The van der Waals surface area contributed by atoms with Crippen molar-refractivity contribution < 1.29 is 13.2 Å². The Morgan fingerprint density at radius 2 is 1.89 bits per heavy atom. The topological polar surface area (TPSA) is 37.8 Å². The second kappa shape index (κ2) is 6.73. The van der Waals surface area contributed by atoms with Gasteiger partial charge in [-0.05, 0) is 31.7 Å². The standard InChI is InChI=1S/C13H20F3N3/c1-9(2)11-8-10(3)18-12(19-11)17-7-5-4-6-13(14,15)16/h8-9H,4-7H2,1-3H3,(H,17,18,19). The molecule has 0 radical (unpaired) electrons. The smallest absolute Gasteiger partial charge is 0.354 e. The monoisotopic (exact) mass is 275 g/mol. The van der Waals surface area contributed by atoms with Crippen LogP contribution in [-0.2, 0) is 0 Å². The Morgan fingerprint density at radius 1 is 1.21 bits per heavy atom. The molecule has 108 valence electrons. The zero-order valence-corrected chi connectivity index (χ0v) is 11.5. The number of aromatic nitrogens is 2. The molecule has 0 spiro atoms. The lowest BCUT2D eigenvalue weighted by atomic mass is 10.1. The van der Waals surface area contributed by atoms with Crippen LogP contribution < -0.4 is 5.32 Å². The van der Waals surface area contributed by atoms with Crippen molar-refractivity contribution >= 4 is 5.95 Å². The molecule has 0 aromatic carbocycles. The second-order valence-corrected chi connectivity index (χ2v) is 4.91. The summed E-state index contributed by atoms with van der Waals surface area (Å²) in [6.07, 6.45) is -4.22. The van der Waals surface area contributed by atoms with Crippen LogP contribution in [-0.4, -0.2) is 22.7 Å². The van der Waals surface area contributed by atoms with Gasteiger partial charge in [0, 0.05) is 24.4 Å². The van der Waals surface area contributed by atoms with Crippen LogP contribution >= 0.6 is 0 Å². The van der Waals surface area contributed by atoms with Gasteiger partial charge in [-0.1, -0.05) is 13.8 Å². The van der Waals surface area contributed by atoms with E-state index in [-0.39, 0.29) is 6.42 Å². The normalized spacial score (nSPS) is 11.9. The molecule has 1 rings (SSSR count). The minimum atomic E-state index is -4.06. The summed E-state index contributed by atoms with van der Waals surface area (Å²) in [5, 5.41) is 2.98. The SMILES string of the molecule is Cc1cc(C(C)C)nc(NCCCCC(F)(F)F)n1. The first kappa shape index (κ1) is 15.7. The Labute approximate surface area is 111 Å². The van der Waals surface area contributed by atoms with Gasteiger partial charge in [-0.15, -0.1) is 0 Å². The average Bonchev–Trinajstić information content (AvgIpc) is 2.26. The molecule has 0 aliphatic carbocycles. The number of hydrogen-bond donors (Lipinski definition) is 1. The molecule has 0 amide bonds. The largest absolute Gasteiger partial charge is 0.389 e. The highest BCUT2D eigenvalue weighted by molar-refractivity contribution is 5.28. The van der Waals surface area contributed by atoms with E-state index in [1.807, 2.05) is 26.8 Å². The third-order valence-corrected chi connectivity index (χ3v) is 2.64. The van der Waals surface area contributed by atoms with Crippen molar-refractivity contribution in [3.63, 3.8) is 0 Å². The molecule has 0 fully saturated rings. The van der Waals surface area contributed by atoms with Crippen molar-refractivity contribution in [2.75, 3.05) is 11.9 Å². The van der Waals surface area contributed by atoms with Gasteiger partial charge >= 0.3 is 6.18 Å². The Hall–Kier alpha value is -1.33. The second-order valence-electron chi connectivity index (χ2n) is 4.91. The first-order chi connectivity index (χ1) is 8.78. The third kappa shape index (κ3) is 6.40. The van der Waals surface area contributed by atoms with E-state index in [9.17, 15) is 13.2 Å². The molecule has 0 unspecified atom stereocenters. The third-order valence-electron chi connectivity index (χ3n) is 2.64. The number of anilines is 1. The number of alkyl halides is 3. The molecule has 6 heteroatoms. The van der Waals surface area contributed by atoms with Crippen molar-refractivity contribution in [2.24, 2.45) is 0 Å². The highest BCUT2D eigenvalue weighted by atomic mass is 19.4. The van der Waals surface area contributed by atoms with Crippen LogP contribution in [0.3, 0.4) is 0 Å². The van der Waals surface area contributed by atoms with E-state index >= 15 is 0 Å². The van der Waals surface area contributed by atoms with Crippen molar-refractivity contribution in [3.05, 3.63) is 17.5 Å². The quantitative estimate of drug-likeness (QED) is 0.796. The van der Waals surface area contributed by atoms with Crippen LogP contribution in [0.15, 0.2) is 6.07 Å². The number of nitrogens with one attached hydrogen (secondary N) is 1. The predicted molar refractivity (Wildman–Crippen MR) is 69.3 cm³/mol. The highest BCUT2D eigenvalue weighted by Crippen LogP contribution is 2.22. The summed E-state index contributed by atoms with van der Waals surface area (Å²) < 4.78 is 35.9. The minimum absolute atomic E-state index is 0.124. The fraction of sp³-hybridized carbons (Fsp3) is 0.692. The molecule has 0 aliphatic heterocycles. The number of aryl methyl sites for hydroxylation is 1. The summed E-state index contributed by atoms with van der Waals surface area (Å²) in [5.41, 5.74) is 1.79. The van der Waals surface area contributed by atoms with Crippen LogP contribution in [0.4, 0.5) is 19.1 Å². The molecule has 1 aromatic rings. The van der Waals surface area contributed by atoms with Crippen molar-refractivity contribution in [2.45, 2.75) is 52.1 Å². The first-order valence-electron chi connectivity index (χ1n) is 6.44. The number of hydrogen-bond acceptors (Lipinski definition) is 3. The van der Waals surface area contributed by atoms with Crippen LogP contribution in [0.1, 0.15) is 50.4 Å². The maximum Gasteiger partial charge on any atom is 0.389 e. The summed E-state index contributed by atoms with van der Waals surface area (Å²) in [7, 11) is 0. The molecule has 0 saturated carbocycles. The van der Waals surface area contributed by atoms with E-state index in [0.717, 1.165) is 11.4 Å². The van der Waals surface area contributed by atoms with E-state index in [1.54, 1.807) is 0 Å². The van der Waals surface area contributed by atoms with E-state index in [0.29, 0.717) is 24.8 Å². The van der Waals surface area contributed by atoms with Crippen molar-refractivity contribution in [1.82, 2.24) is 9.97 Å². The van der Waals surface area contributed by atoms with E-state index in [4.69, 9.17) is 0 Å². The Balaban J connectivity index is 2.41. The molecule has 0 saturated heterocycles. The predicted octanol–water partition coefficient (Wildman–Crippen LogP) is 4.05. The van der Waals surface area contributed by atoms with E-state index in [1.165, 1.54) is 0 Å². The van der Waals surface area contributed by atoms with Gasteiger partial charge in [-0.25, -0.2) is 9.97 Å². The molecule has 19 heavy (non-hydrogen) atoms. The lowest BCUT2D eigenvalue weighted by molar-refractivity contribution is -0.135. The molecule has 0 aliphatic rings. The Kier molecular flexibility index (Phi) is 5.57. The summed E-state index contributed by atoms with van der Waals surface area (Å²) >= 11 is 0. The number of unbranched alkanes of at least 4 members (excludes halogenated alkanes) is 1. The van der Waals surface area contributed by atoms with Gasteiger partial charge in [0.25, 0.3) is 0 Å². The molecule has 0 bridgehead atoms. The van der Waals surface area contributed by atoms with Gasteiger partial charge in [0.1, 0.15) is 0 Å². The van der Waals surface area contributed by atoms with Crippen molar-refractivity contribution in [1.29, 1.82) is 0 Å². The Morgan fingerprint density at radius 3 is 2.47 bits per heavy atom. The van der Waals surface area contributed by atoms with Gasteiger partial charge < -0.3 is 5.32 Å². The maximum absolute atomic E-state index is 12.0. The van der Waals surface area contributed by atoms with Crippen LogP contribution in [0.2, 0.25) is 0 Å². The van der Waals surface area contributed by atoms with Gasteiger partial charge in [-0.2, -0.15) is 13.2 Å².